The molecule has 0 aromatic carbocycles. The lowest BCUT2D eigenvalue weighted by Gasteiger charge is -2.42. The molecule has 3 heteroatoms. The van der Waals surface area contributed by atoms with Crippen LogP contribution in [0.5, 0.6) is 0 Å². The Kier molecular flexibility index (Phi) is 14.6. The van der Waals surface area contributed by atoms with Gasteiger partial charge >= 0.3 is 0 Å². The van der Waals surface area contributed by atoms with Gasteiger partial charge in [-0.2, -0.15) is 0 Å². The lowest BCUT2D eigenvalue weighted by Crippen LogP contribution is -2.66. The van der Waals surface area contributed by atoms with Gasteiger partial charge in [0.25, 0.3) is 0 Å². The quantitative estimate of drug-likeness (QED) is 0.277. The summed E-state index contributed by atoms with van der Waals surface area (Å²) in [6.45, 7) is 4.78. The Morgan fingerprint density at radius 2 is 1.23 bits per heavy atom. The van der Waals surface area contributed by atoms with Crippen LogP contribution >= 0.6 is 0 Å². The van der Waals surface area contributed by atoms with Crippen LogP contribution in [0.4, 0.5) is 0 Å². The Bertz CT molecular complexity index is 311. The van der Waals surface area contributed by atoms with E-state index in [-0.39, 0.29) is 24.8 Å². The summed E-state index contributed by atoms with van der Waals surface area (Å²) in [6.07, 6.45) is 21.5. The second kappa shape index (κ2) is 15.9. The van der Waals surface area contributed by atoms with Gasteiger partial charge in [0.05, 0.1) is 18.8 Å². The number of rotatable bonds is 18. The lowest BCUT2D eigenvalue weighted by molar-refractivity contribution is -0.0192. The van der Waals surface area contributed by atoms with Gasteiger partial charge in [0, 0.05) is 6.04 Å². The van der Waals surface area contributed by atoms with E-state index in [0.717, 1.165) is 12.3 Å². The third-order valence-corrected chi connectivity index (χ3v) is 6.21. The van der Waals surface area contributed by atoms with Crippen LogP contribution in [0.25, 0.3) is 0 Å². The van der Waals surface area contributed by atoms with Crippen LogP contribution in [0.2, 0.25) is 0 Å². The standard InChI is InChI=1S/C23H47NO2/c1-3-4-5-13-16-20(2)17-14-11-9-7-6-8-10-12-15-18-21-23(26)22(19-25)24-21/h20-26H,3-19H2,1-2H3/t20-,21+,22-,23+/m0/s1. The number of nitrogens with one attached hydrogen (secondary N) is 1. The molecule has 0 spiro atoms. The highest BCUT2D eigenvalue weighted by atomic mass is 16.3. The van der Waals surface area contributed by atoms with Gasteiger partial charge in [-0.05, 0) is 12.3 Å². The average molecular weight is 370 g/mol. The monoisotopic (exact) mass is 369 g/mol. The molecule has 156 valence electrons. The molecule has 3 N–H and O–H groups in total. The van der Waals surface area contributed by atoms with Crippen molar-refractivity contribution in [3.63, 3.8) is 0 Å². The van der Waals surface area contributed by atoms with Gasteiger partial charge in [-0.25, -0.2) is 0 Å². The molecular weight excluding hydrogens is 322 g/mol. The predicted octanol–water partition coefficient (Wildman–Crippen LogP) is 5.58. The molecule has 0 unspecified atom stereocenters. The lowest BCUT2D eigenvalue weighted by atomic mass is 9.89. The zero-order valence-electron chi connectivity index (χ0n) is 17.7. The third kappa shape index (κ3) is 10.9. The molecule has 0 aromatic rings. The first-order valence-corrected chi connectivity index (χ1v) is 11.7. The summed E-state index contributed by atoms with van der Waals surface area (Å²) in [5.41, 5.74) is 0. The number of hydrogen-bond acceptors (Lipinski definition) is 3. The van der Waals surface area contributed by atoms with Gasteiger partial charge in [0.15, 0.2) is 0 Å². The van der Waals surface area contributed by atoms with E-state index in [9.17, 15) is 5.11 Å². The number of aliphatic hydroxyl groups excluding tert-OH is 2. The van der Waals surface area contributed by atoms with Crippen molar-refractivity contribution in [2.45, 2.75) is 135 Å². The minimum absolute atomic E-state index is 0.0511. The highest BCUT2D eigenvalue weighted by Gasteiger charge is 2.37. The van der Waals surface area contributed by atoms with Crippen molar-refractivity contribution in [1.82, 2.24) is 5.32 Å². The van der Waals surface area contributed by atoms with Gasteiger partial charge in [0.2, 0.25) is 0 Å². The van der Waals surface area contributed by atoms with Crippen LogP contribution < -0.4 is 5.32 Å². The van der Waals surface area contributed by atoms with E-state index in [4.69, 9.17) is 5.11 Å². The van der Waals surface area contributed by atoms with Gasteiger partial charge in [-0.3, -0.25) is 0 Å². The normalized spacial score (nSPS) is 23.8. The van der Waals surface area contributed by atoms with Crippen LogP contribution in [-0.2, 0) is 0 Å². The van der Waals surface area contributed by atoms with E-state index < -0.39 is 0 Å². The molecule has 1 aliphatic heterocycles. The molecule has 1 aliphatic rings. The van der Waals surface area contributed by atoms with Crippen molar-refractivity contribution < 1.29 is 10.2 Å². The molecular formula is C23H47NO2. The summed E-state index contributed by atoms with van der Waals surface area (Å²) in [7, 11) is 0. The van der Waals surface area contributed by atoms with E-state index >= 15 is 0 Å². The fraction of sp³-hybridized carbons (Fsp3) is 1.00. The second-order valence-electron chi connectivity index (χ2n) is 8.77. The maximum absolute atomic E-state index is 9.79. The average Bonchev–Trinajstić information content (AvgIpc) is 2.64. The summed E-state index contributed by atoms with van der Waals surface area (Å²) in [6, 6.07) is 0.144. The van der Waals surface area contributed by atoms with Crippen molar-refractivity contribution in [3.05, 3.63) is 0 Å². The van der Waals surface area contributed by atoms with E-state index in [0.29, 0.717) is 0 Å². The zero-order valence-corrected chi connectivity index (χ0v) is 17.7. The SMILES string of the molecule is CCCCCC[C@H](C)CCCCCCCCCCC[C@H]1N[C@@H](CO)[C@@H]1O. The Morgan fingerprint density at radius 3 is 1.73 bits per heavy atom. The summed E-state index contributed by atoms with van der Waals surface area (Å²) in [5, 5.41) is 22.0. The molecule has 26 heavy (non-hydrogen) atoms. The van der Waals surface area contributed by atoms with Gasteiger partial charge in [-0.15, -0.1) is 0 Å². The van der Waals surface area contributed by atoms with E-state index in [2.05, 4.69) is 19.2 Å². The Labute approximate surface area is 163 Å². The maximum atomic E-state index is 9.79. The summed E-state index contributed by atoms with van der Waals surface area (Å²) in [4.78, 5) is 0. The van der Waals surface area contributed by atoms with Gasteiger partial charge < -0.3 is 15.5 Å². The van der Waals surface area contributed by atoms with Gasteiger partial charge in [-0.1, -0.05) is 110 Å². The zero-order chi connectivity index (χ0) is 19.0. The second-order valence-corrected chi connectivity index (χ2v) is 8.77. The van der Waals surface area contributed by atoms with Crippen molar-refractivity contribution in [2.24, 2.45) is 5.92 Å². The minimum Gasteiger partial charge on any atom is -0.395 e. The van der Waals surface area contributed by atoms with Crippen LogP contribution in [-0.4, -0.2) is 35.0 Å². The molecule has 0 aliphatic carbocycles. The highest BCUT2D eigenvalue weighted by molar-refractivity contribution is 4.97. The largest absolute Gasteiger partial charge is 0.395 e. The van der Waals surface area contributed by atoms with Crippen LogP contribution in [0.3, 0.4) is 0 Å². The topological polar surface area (TPSA) is 52.5 Å². The molecule has 4 atom stereocenters. The van der Waals surface area contributed by atoms with Crippen molar-refractivity contribution >= 4 is 0 Å². The minimum atomic E-state index is -0.334. The van der Waals surface area contributed by atoms with E-state index in [1.165, 1.54) is 96.3 Å². The molecule has 0 radical (unpaired) electrons. The fourth-order valence-electron chi connectivity index (χ4n) is 4.21. The molecule has 0 saturated carbocycles. The molecule has 0 aromatic heterocycles. The summed E-state index contributed by atoms with van der Waals surface area (Å²) >= 11 is 0. The van der Waals surface area contributed by atoms with Crippen LogP contribution in [0.15, 0.2) is 0 Å². The number of aliphatic hydroxyl groups is 2. The van der Waals surface area contributed by atoms with Crippen LogP contribution in [0.1, 0.15) is 117 Å². The van der Waals surface area contributed by atoms with E-state index in [1.807, 2.05) is 0 Å². The molecule has 3 nitrogen and oxygen atoms in total. The molecule has 0 amide bonds. The van der Waals surface area contributed by atoms with E-state index in [1.54, 1.807) is 0 Å². The van der Waals surface area contributed by atoms with Gasteiger partial charge in [0.1, 0.15) is 0 Å². The molecule has 1 rings (SSSR count). The fourth-order valence-corrected chi connectivity index (χ4v) is 4.21. The summed E-state index contributed by atoms with van der Waals surface area (Å²) < 4.78 is 0. The number of unbranched alkanes of at least 4 members (excludes halogenated alkanes) is 11. The third-order valence-electron chi connectivity index (χ3n) is 6.21. The first-order chi connectivity index (χ1) is 12.7. The van der Waals surface area contributed by atoms with Crippen molar-refractivity contribution in [3.8, 4) is 0 Å². The highest BCUT2D eigenvalue weighted by Crippen LogP contribution is 2.20. The smallest absolute Gasteiger partial charge is 0.0868 e. The predicted molar refractivity (Wildman–Crippen MR) is 113 cm³/mol. The molecule has 1 fully saturated rings. The summed E-state index contributed by atoms with van der Waals surface area (Å²) in [5.74, 6) is 0.934. The van der Waals surface area contributed by atoms with Crippen molar-refractivity contribution in [1.29, 1.82) is 0 Å². The first-order valence-electron chi connectivity index (χ1n) is 11.7. The molecule has 1 saturated heterocycles. The Hall–Kier alpha value is -0.120. The Morgan fingerprint density at radius 1 is 0.731 bits per heavy atom. The molecule has 0 bridgehead atoms. The van der Waals surface area contributed by atoms with Crippen LogP contribution in [0, 0.1) is 5.92 Å². The van der Waals surface area contributed by atoms with Crippen molar-refractivity contribution in [2.75, 3.05) is 6.61 Å². The molecule has 1 heterocycles. The maximum Gasteiger partial charge on any atom is 0.0868 e. The number of hydrogen-bond donors (Lipinski definition) is 3. The first kappa shape index (κ1) is 23.9. The Balaban J connectivity index is 1.74.